The summed E-state index contributed by atoms with van der Waals surface area (Å²) in [5, 5.41) is 0. The van der Waals surface area contributed by atoms with Gasteiger partial charge in [0.25, 0.3) is 0 Å². The molecule has 0 spiro atoms. The van der Waals surface area contributed by atoms with Gasteiger partial charge in [0.2, 0.25) is 6.04 Å². The van der Waals surface area contributed by atoms with Crippen LogP contribution in [0.4, 0.5) is 4.79 Å². The number of methoxy groups -OCH3 is 1. The average molecular weight is 388 g/mol. The molecule has 29 heavy (non-hydrogen) atoms. The second kappa shape index (κ2) is 7.83. The molecule has 0 bridgehead atoms. The minimum Gasteiger partial charge on any atom is -0.497 e. The molecule has 2 aromatic carbocycles. The highest BCUT2D eigenvalue weighted by Gasteiger charge is 2.47. The third-order valence-electron chi connectivity index (χ3n) is 5.10. The van der Waals surface area contributed by atoms with Crippen molar-refractivity contribution in [1.82, 2.24) is 4.90 Å². The average Bonchev–Trinajstić information content (AvgIpc) is 2.76. The lowest BCUT2D eigenvalue weighted by Gasteiger charge is -2.26. The maximum atomic E-state index is 13.3. The van der Waals surface area contributed by atoms with Crippen molar-refractivity contribution >= 4 is 23.9 Å². The van der Waals surface area contributed by atoms with E-state index >= 15 is 0 Å². The fraction of sp³-hybridized carbons (Fsp3) is 0.217. The van der Waals surface area contributed by atoms with E-state index in [9.17, 15) is 9.59 Å². The zero-order chi connectivity index (χ0) is 20.4. The van der Waals surface area contributed by atoms with Gasteiger partial charge in [0.05, 0.1) is 7.11 Å². The van der Waals surface area contributed by atoms with Crippen molar-refractivity contribution in [2.24, 2.45) is 4.99 Å². The van der Waals surface area contributed by atoms with Crippen molar-refractivity contribution in [3.05, 3.63) is 77.4 Å². The predicted octanol–water partition coefficient (Wildman–Crippen LogP) is 3.13. The molecule has 3 amide bonds. The molecule has 6 heteroatoms. The van der Waals surface area contributed by atoms with Crippen LogP contribution in [-0.2, 0) is 17.9 Å². The van der Waals surface area contributed by atoms with Crippen molar-refractivity contribution in [1.29, 1.82) is 0 Å². The number of allylic oxidation sites excluding steroid dienone is 1. The van der Waals surface area contributed by atoms with Crippen LogP contribution in [0.5, 0.6) is 5.75 Å². The third-order valence-corrected chi connectivity index (χ3v) is 5.10. The number of hydrogen-bond acceptors (Lipinski definition) is 4. The van der Waals surface area contributed by atoms with Crippen molar-refractivity contribution in [3.8, 4) is 5.75 Å². The largest absolute Gasteiger partial charge is 0.501 e. The smallest absolute Gasteiger partial charge is 0.497 e. The number of rotatable bonds is 5. The van der Waals surface area contributed by atoms with Crippen LogP contribution in [0.2, 0.25) is 0 Å². The quantitative estimate of drug-likeness (QED) is 0.740. The molecule has 2 aliphatic heterocycles. The first-order valence-corrected chi connectivity index (χ1v) is 9.45. The minimum absolute atomic E-state index is 0.190. The van der Waals surface area contributed by atoms with E-state index in [1.54, 1.807) is 30.1 Å². The van der Waals surface area contributed by atoms with Crippen LogP contribution >= 0.6 is 0 Å². The molecule has 2 aliphatic rings. The summed E-state index contributed by atoms with van der Waals surface area (Å²) in [6.07, 6.45) is 5.16. The van der Waals surface area contributed by atoms with Gasteiger partial charge in [-0.25, -0.2) is 4.79 Å². The Morgan fingerprint density at radius 3 is 2.41 bits per heavy atom. The molecule has 1 unspecified atom stereocenters. The zero-order valence-electron chi connectivity index (χ0n) is 16.4. The Balaban J connectivity index is 1.67. The molecule has 0 aromatic heterocycles. The van der Waals surface area contributed by atoms with E-state index in [0.717, 1.165) is 22.4 Å². The summed E-state index contributed by atoms with van der Waals surface area (Å²) in [5.74, 6) is 0.422. The summed E-state index contributed by atoms with van der Waals surface area (Å²) in [6, 6.07) is 14.3. The Morgan fingerprint density at radius 1 is 1.03 bits per heavy atom. The van der Waals surface area contributed by atoms with Crippen molar-refractivity contribution in [3.63, 3.8) is 0 Å². The highest BCUT2D eigenvalue weighted by atomic mass is 16.5. The number of carbonyl (C=O) groups excluding carboxylic acids is 2. The Hall–Kier alpha value is -3.54. The van der Waals surface area contributed by atoms with Gasteiger partial charge >= 0.3 is 11.9 Å². The second-order valence-corrected chi connectivity index (χ2v) is 7.11. The Labute approximate surface area is 169 Å². The lowest BCUT2D eigenvalue weighted by atomic mass is 10.0. The standard InChI is InChI=1S/C23H22N3O3/c1-16-5-7-17(8-6-16)14-25-20-4-3-13-24-21(20)22(27)26(23(25)28)15-18-9-11-19(29-2)12-10-18/h3-13,21H,14-15H2,1-2H3/q+1. The van der Waals surface area contributed by atoms with E-state index in [4.69, 9.17) is 4.74 Å². The monoisotopic (exact) mass is 388 g/mol. The highest BCUT2D eigenvalue weighted by Crippen LogP contribution is 2.20. The minimum atomic E-state index is -0.693. The lowest BCUT2D eigenvalue weighted by Crippen LogP contribution is -2.56. The molecule has 0 aliphatic carbocycles. The predicted molar refractivity (Wildman–Crippen MR) is 111 cm³/mol. The molecule has 0 saturated heterocycles. The van der Waals surface area contributed by atoms with E-state index in [1.807, 2.05) is 55.5 Å². The fourth-order valence-electron chi connectivity index (χ4n) is 3.46. The number of dihydropyridines is 1. The summed E-state index contributed by atoms with van der Waals surface area (Å²) in [7, 11) is 1.60. The number of nitrogens with zero attached hydrogens (tertiary/aromatic N) is 3. The number of hydrogen-bond donors (Lipinski definition) is 0. The van der Waals surface area contributed by atoms with Crippen LogP contribution in [0.1, 0.15) is 16.7 Å². The maximum absolute atomic E-state index is 13.3. The molecule has 4 rings (SSSR count). The van der Waals surface area contributed by atoms with E-state index in [0.29, 0.717) is 12.3 Å². The number of amides is 3. The summed E-state index contributed by atoms with van der Waals surface area (Å²) in [6.45, 7) is 2.60. The van der Waals surface area contributed by atoms with E-state index in [2.05, 4.69) is 4.99 Å². The lowest BCUT2D eigenvalue weighted by molar-refractivity contribution is -0.455. The summed E-state index contributed by atoms with van der Waals surface area (Å²) in [5.41, 5.74) is 3.62. The Morgan fingerprint density at radius 2 is 1.72 bits per heavy atom. The molecule has 0 fully saturated rings. The van der Waals surface area contributed by atoms with Crippen molar-refractivity contribution in [2.45, 2.75) is 26.1 Å². The number of urea groups is 1. The molecule has 0 saturated carbocycles. The van der Waals surface area contributed by atoms with Gasteiger partial charge in [-0.1, -0.05) is 42.0 Å². The SMILES string of the molecule is COc1ccc(CN2C(=O)C3N=CC=CC3=[N+](Cc3ccc(C)cc3)C2=O)cc1. The number of imide groups is 1. The molecule has 2 heterocycles. The Bertz CT molecular complexity index is 1030. The number of benzene rings is 2. The first-order chi connectivity index (χ1) is 14.1. The molecular formula is C23H22N3O3+. The molecule has 0 radical (unpaired) electrons. The number of aryl methyl sites for hydroxylation is 1. The number of aliphatic imine (C=N–C) groups is 1. The van der Waals surface area contributed by atoms with Gasteiger partial charge in [0.15, 0.2) is 0 Å². The number of fused-ring (bicyclic) bond motifs is 1. The third kappa shape index (κ3) is 3.74. The van der Waals surface area contributed by atoms with E-state index in [-0.39, 0.29) is 18.5 Å². The maximum Gasteiger partial charge on any atom is 0.501 e. The first kappa shape index (κ1) is 18.8. The number of ether oxygens (including phenoxy) is 1. The Kier molecular flexibility index (Phi) is 5.08. The fourth-order valence-corrected chi connectivity index (χ4v) is 3.46. The molecule has 1 atom stereocenters. The van der Waals surface area contributed by atoms with Gasteiger partial charge in [0.1, 0.15) is 24.6 Å². The van der Waals surface area contributed by atoms with Crippen LogP contribution < -0.4 is 4.74 Å². The van der Waals surface area contributed by atoms with Gasteiger partial charge in [-0.3, -0.25) is 4.99 Å². The van der Waals surface area contributed by atoms with Crippen LogP contribution in [0, 0.1) is 6.92 Å². The van der Waals surface area contributed by atoms with Gasteiger partial charge in [-0.2, -0.15) is 14.3 Å². The molecule has 6 nitrogen and oxygen atoms in total. The van der Waals surface area contributed by atoms with Crippen LogP contribution in [0.15, 0.2) is 65.7 Å². The summed E-state index contributed by atoms with van der Waals surface area (Å²) >= 11 is 0. The topological polar surface area (TPSA) is 62.0 Å². The van der Waals surface area contributed by atoms with Crippen LogP contribution in [0.25, 0.3) is 0 Å². The van der Waals surface area contributed by atoms with Gasteiger partial charge in [-0.05, 0) is 42.3 Å². The highest BCUT2D eigenvalue weighted by molar-refractivity contribution is 6.20. The van der Waals surface area contributed by atoms with Gasteiger partial charge in [-0.15, -0.1) is 0 Å². The molecular weight excluding hydrogens is 366 g/mol. The molecule has 146 valence electrons. The number of carbonyl (C=O) groups is 2. The second-order valence-electron chi connectivity index (χ2n) is 7.11. The summed E-state index contributed by atoms with van der Waals surface area (Å²) < 4.78 is 6.82. The van der Waals surface area contributed by atoms with Crippen molar-refractivity contribution < 1.29 is 18.9 Å². The van der Waals surface area contributed by atoms with Crippen molar-refractivity contribution in [2.75, 3.05) is 7.11 Å². The first-order valence-electron chi connectivity index (χ1n) is 9.45. The molecule has 2 aromatic rings. The van der Waals surface area contributed by atoms with E-state index in [1.165, 1.54) is 4.90 Å². The normalized spacial score (nSPS) is 18.3. The molecule has 0 N–H and O–H groups in total. The van der Waals surface area contributed by atoms with Crippen LogP contribution in [-0.4, -0.2) is 46.5 Å². The van der Waals surface area contributed by atoms with Gasteiger partial charge in [0, 0.05) is 6.21 Å². The summed E-state index contributed by atoms with van der Waals surface area (Å²) in [4.78, 5) is 31.9. The van der Waals surface area contributed by atoms with E-state index < -0.39 is 6.04 Å². The van der Waals surface area contributed by atoms with Gasteiger partial charge < -0.3 is 4.74 Å². The zero-order valence-corrected chi connectivity index (χ0v) is 16.4. The van der Waals surface area contributed by atoms with Crippen LogP contribution in [0.3, 0.4) is 0 Å².